The molecule has 0 bridgehead atoms. The summed E-state index contributed by atoms with van der Waals surface area (Å²) in [6.07, 6.45) is 1.19. The number of carbonyl (C=O) groups is 2. The Balaban J connectivity index is 2.24. The molecule has 2 aromatic carbocycles. The fourth-order valence-electron chi connectivity index (χ4n) is 3.21. The van der Waals surface area contributed by atoms with Crippen LogP contribution in [0.1, 0.15) is 44.7 Å². The molecule has 2 amide bonds. The zero-order valence-corrected chi connectivity index (χ0v) is 21.9. The number of hydrogen-bond acceptors (Lipinski definition) is 3. The van der Waals surface area contributed by atoms with Crippen LogP contribution in [-0.2, 0) is 21.9 Å². The second kappa shape index (κ2) is 13.4. The zero-order chi connectivity index (χ0) is 24.5. The van der Waals surface area contributed by atoms with E-state index in [1.165, 1.54) is 28.8 Å². The molecule has 0 saturated carbocycles. The number of hydrogen-bond donors (Lipinski definition) is 1. The van der Waals surface area contributed by atoms with Crippen LogP contribution >= 0.6 is 46.6 Å². The molecule has 1 N–H and O–H groups in total. The van der Waals surface area contributed by atoms with Crippen molar-refractivity contribution in [2.45, 2.75) is 58.0 Å². The van der Waals surface area contributed by atoms with Gasteiger partial charge >= 0.3 is 0 Å². The number of thioether (sulfide) groups is 1. The van der Waals surface area contributed by atoms with Crippen molar-refractivity contribution in [2.75, 3.05) is 5.75 Å². The summed E-state index contributed by atoms with van der Waals surface area (Å²) in [7, 11) is 0. The largest absolute Gasteiger partial charge is 0.352 e. The van der Waals surface area contributed by atoms with E-state index in [-0.39, 0.29) is 35.9 Å². The van der Waals surface area contributed by atoms with Crippen LogP contribution in [0.15, 0.2) is 36.4 Å². The lowest BCUT2D eigenvalue weighted by molar-refractivity contribution is -0.139. The highest BCUT2D eigenvalue weighted by Gasteiger charge is 2.30. The SMILES string of the molecule is CC[C@H](C(=O)N[C@@H](C)CC)N(Cc1c(Cl)cccc1Cl)C(=O)CSCc1c(F)cccc1Cl. The number of nitrogens with zero attached hydrogens (tertiary/aromatic N) is 1. The fraction of sp³-hybridized carbons (Fsp3) is 0.417. The molecule has 0 spiro atoms. The minimum Gasteiger partial charge on any atom is -0.352 e. The summed E-state index contributed by atoms with van der Waals surface area (Å²) in [6, 6.07) is 8.87. The molecule has 180 valence electrons. The molecule has 0 aliphatic rings. The van der Waals surface area contributed by atoms with Crippen molar-refractivity contribution in [3.8, 4) is 0 Å². The summed E-state index contributed by atoms with van der Waals surface area (Å²) in [5.74, 6) is -0.644. The standard InChI is InChI=1S/C24H28Cl3FN2O2S/c1-4-15(3)29-24(32)22(5-2)30(12-16-18(25)8-6-9-19(16)26)23(31)14-33-13-17-20(27)10-7-11-21(17)28/h6-11,15,22H,4-5,12-14H2,1-3H3,(H,29,32)/t15-,22+/m0/s1. The smallest absolute Gasteiger partial charge is 0.243 e. The first-order valence-corrected chi connectivity index (χ1v) is 13.0. The van der Waals surface area contributed by atoms with Gasteiger partial charge in [0.25, 0.3) is 0 Å². The molecular weight excluding hydrogens is 506 g/mol. The van der Waals surface area contributed by atoms with Crippen LogP contribution in [0.25, 0.3) is 0 Å². The Morgan fingerprint density at radius 1 is 1.00 bits per heavy atom. The van der Waals surface area contributed by atoms with E-state index in [4.69, 9.17) is 34.8 Å². The number of amides is 2. The lowest BCUT2D eigenvalue weighted by Crippen LogP contribution is -2.51. The van der Waals surface area contributed by atoms with Crippen LogP contribution in [0.2, 0.25) is 15.1 Å². The highest BCUT2D eigenvalue weighted by Crippen LogP contribution is 2.28. The normalized spacial score (nSPS) is 12.8. The van der Waals surface area contributed by atoms with Gasteiger partial charge in [0.05, 0.1) is 5.75 Å². The summed E-state index contributed by atoms with van der Waals surface area (Å²) < 4.78 is 14.1. The predicted octanol–water partition coefficient (Wildman–Crippen LogP) is 6.74. The van der Waals surface area contributed by atoms with Crippen LogP contribution in [0.3, 0.4) is 0 Å². The van der Waals surface area contributed by atoms with E-state index in [9.17, 15) is 14.0 Å². The third-order valence-electron chi connectivity index (χ3n) is 5.31. The van der Waals surface area contributed by atoms with E-state index in [0.29, 0.717) is 32.6 Å². The Bertz CT molecular complexity index is 936. The zero-order valence-electron chi connectivity index (χ0n) is 18.8. The van der Waals surface area contributed by atoms with E-state index >= 15 is 0 Å². The average Bonchev–Trinajstić information content (AvgIpc) is 2.77. The van der Waals surface area contributed by atoms with Crippen LogP contribution in [0, 0.1) is 5.82 Å². The van der Waals surface area contributed by atoms with Crippen LogP contribution in [0.5, 0.6) is 0 Å². The van der Waals surface area contributed by atoms with Crippen molar-refractivity contribution in [2.24, 2.45) is 0 Å². The van der Waals surface area contributed by atoms with E-state index in [1.807, 2.05) is 20.8 Å². The van der Waals surface area contributed by atoms with Crippen LogP contribution in [0.4, 0.5) is 4.39 Å². The molecule has 9 heteroatoms. The second-order valence-corrected chi connectivity index (χ2v) is 9.86. The van der Waals surface area contributed by atoms with Gasteiger partial charge in [0.2, 0.25) is 11.8 Å². The van der Waals surface area contributed by atoms with Crippen molar-refractivity contribution >= 4 is 58.4 Å². The molecule has 2 atom stereocenters. The maximum absolute atomic E-state index is 14.1. The van der Waals surface area contributed by atoms with Crippen molar-refractivity contribution in [3.05, 3.63) is 68.4 Å². The van der Waals surface area contributed by atoms with Crippen molar-refractivity contribution in [3.63, 3.8) is 0 Å². The molecule has 33 heavy (non-hydrogen) atoms. The fourth-order valence-corrected chi connectivity index (χ4v) is 4.97. The van der Waals surface area contributed by atoms with Gasteiger partial charge in [-0.05, 0) is 44.0 Å². The van der Waals surface area contributed by atoms with Gasteiger partial charge in [-0.25, -0.2) is 4.39 Å². The van der Waals surface area contributed by atoms with E-state index in [1.54, 1.807) is 24.3 Å². The number of carbonyl (C=O) groups excluding carboxylic acids is 2. The molecule has 4 nitrogen and oxygen atoms in total. The Labute approximate surface area is 214 Å². The van der Waals surface area contributed by atoms with Gasteiger partial charge < -0.3 is 10.2 Å². The van der Waals surface area contributed by atoms with Crippen molar-refractivity contribution in [1.29, 1.82) is 0 Å². The van der Waals surface area contributed by atoms with Gasteiger partial charge in [0, 0.05) is 44.5 Å². The lowest BCUT2D eigenvalue weighted by atomic mass is 10.1. The number of nitrogens with one attached hydrogen (secondary N) is 1. The Hall–Kier alpha value is -1.47. The summed E-state index contributed by atoms with van der Waals surface area (Å²) in [5, 5.41) is 4.11. The van der Waals surface area contributed by atoms with Crippen molar-refractivity contribution in [1.82, 2.24) is 10.2 Å². The molecule has 0 aromatic heterocycles. The third kappa shape index (κ3) is 7.78. The van der Waals surface area contributed by atoms with E-state index < -0.39 is 11.9 Å². The Morgan fingerprint density at radius 2 is 1.58 bits per heavy atom. The summed E-state index contributed by atoms with van der Waals surface area (Å²) in [6.45, 7) is 5.82. The van der Waals surface area contributed by atoms with Gasteiger partial charge in [0.15, 0.2) is 0 Å². The topological polar surface area (TPSA) is 49.4 Å². The molecule has 0 aliphatic heterocycles. The molecule has 0 heterocycles. The molecule has 2 rings (SSSR count). The maximum Gasteiger partial charge on any atom is 0.243 e. The quantitative estimate of drug-likeness (QED) is 0.348. The van der Waals surface area contributed by atoms with Gasteiger partial charge in [0.1, 0.15) is 11.9 Å². The minimum atomic E-state index is -0.698. The van der Waals surface area contributed by atoms with Crippen molar-refractivity contribution < 1.29 is 14.0 Å². The summed E-state index contributed by atoms with van der Waals surface area (Å²) in [5.41, 5.74) is 0.922. The first-order chi connectivity index (χ1) is 15.7. The molecule has 2 aromatic rings. The Morgan fingerprint density at radius 3 is 2.12 bits per heavy atom. The molecule has 0 aliphatic carbocycles. The second-order valence-electron chi connectivity index (χ2n) is 7.66. The maximum atomic E-state index is 14.1. The molecule has 0 unspecified atom stereocenters. The average molecular weight is 534 g/mol. The molecule has 0 radical (unpaired) electrons. The van der Waals surface area contributed by atoms with Gasteiger partial charge in [-0.3, -0.25) is 9.59 Å². The lowest BCUT2D eigenvalue weighted by Gasteiger charge is -2.32. The van der Waals surface area contributed by atoms with E-state index in [2.05, 4.69) is 5.32 Å². The first kappa shape index (κ1) is 27.8. The first-order valence-electron chi connectivity index (χ1n) is 10.7. The third-order valence-corrected chi connectivity index (χ3v) is 7.32. The van der Waals surface area contributed by atoms with Gasteiger partial charge in [-0.15, -0.1) is 11.8 Å². The molecule has 0 fully saturated rings. The highest BCUT2D eigenvalue weighted by atomic mass is 35.5. The monoisotopic (exact) mass is 532 g/mol. The highest BCUT2D eigenvalue weighted by molar-refractivity contribution is 7.99. The number of halogens is 4. The minimum absolute atomic E-state index is 0.0232. The summed E-state index contributed by atoms with van der Waals surface area (Å²) >= 11 is 20.0. The summed E-state index contributed by atoms with van der Waals surface area (Å²) in [4.78, 5) is 27.8. The van der Waals surface area contributed by atoms with Gasteiger partial charge in [-0.2, -0.15) is 0 Å². The number of rotatable bonds is 11. The van der Waals surface area contributed by atoms with Crippen LogP contribution in [-0.4, -0.2) is 34.6 Å². The van der Waals surface area contributed by atoms with Gasteiger partial charge in [-0.1, -0.05) is 60.8 Å². The molecule has 0 saturated heterocycles. The molecular formula is C24H28Cl3FN2O2S. The Kier molecular flexibility index (Phi) is 11.3. The van der Waals surface area contributed by atoms with Crippen LogP contribution < -0.4 is 5.32 Å². The van der Waals surface area contributed by atoms with E-state index in [0.717, 1.165) is 6.42 Å². The number of benzene rings is 2. The predicted molar refractivity (Wildman–Crippen MR) is 137 cm³/mol.